The highest BCUT2D eigenvalue weighted by Crippen LogP contribution is 2.35. The normalized spacial score (nSPS) is 20.5. The Labute approximate surface area is 227 Å². The standard InChI is InChI=1S/C29H36F3N3O4/c1-28(2,3)39-27(37)35-14-13-25(24(19-35)20-5-9-22(10-6-20)29(30,31)32)33(4)26(36)21-7-11-23(12-8-21)34-15-17-38-18-16-34/h5-12,24-25H,13-19H2,1-4H3/t24-,25+/m0/s1. The summed E-state index contributed by atoms with van der Waals surface area (Å²) in [6, 6.07) is 12.1. The molecule has 0 spiro atoms. The van der Waals surface area contributed by atoms with Gasteiger partial charge in [-0.3, -0.25) is 4.79 Å². The number of rotatable bonds is 4. The first-order chi connectivity index (χ1) is 18.3. The minimum atomic E-state index is -4.45. The zero-order valence-electron chi connectivity index (χ0n) is 22.8. The molecule has 2 atom stereocenters. The molecule has 2 aromatic carbocycles. The average Bonchev–Trinajstić information content (AvgIpc) is 2.91. The van der Waals surface area contributed by atoms with Crippen molar-refractivity contribution in [2.45, 2.75) is 50.9 Å². The van der Waals surface area contributed by atoms with Crippen molar-refractivity contribution in [2.75, 3.05) is 51.3 Å². The summed E-state index contributed by atoms with van der Waals surface area (Å²) in [7, 11) is 1.71. The van der Waals surface area contributed by atoms with Crippen molar-refractivity contribution in [2.24, 2.45) is 0 Å². The van der Waals surface area contributed by atoms with Crippen molar-refractivity contribution in [3.05, 3.63) is 65.2 Å². The maximum Gasteiger partial charge on any atom is 0.416 e. The third kappa shape index (κ3) is 7.03. The van der Waals surface area contributed by atoms with E-state index in [-0.39, 0.29) is 18.5 Å². The number of ether oxygens (including phenoxy) is 2. The molecule has 2 amide bonds. The molecule has 212 valence electrons. The van der Waals surface area contributed by atoms with Crippen LogP contribution in [0.4, 0.5) is 23.7 Å². The van der Waals surface area contributed by atoms with E-state index in [2.05, 4.69) is 4.90 Å². The summed E-state index contributed by atoms with van der Waals surface area (Å²) in [5, 5.41) is 0. The molecular formula is C29H36F3N3O4. The third-order valence-corrected chi connectivity index (χ3v) is 7.20. The second-order valence-corrected chi connectivity index (χ2v) is 11.1. The molecule has 0 bridgehead atoms. The predicted molar refractivity (Wildman–Crippen MR) is 142 cm³/mol. The molecular weight excluding hydrogens is 511 g/mol. The molecule has 2 aliphatic heterocycles. The second kappa shape index (κ2) is 11.5. The van der Waals surface area contributed by atoms with Gasteiger partial charge in [-0.15, -0.1) is 0 Å². The van der Waals surface area contributed by atoms with Gasteiger partial charge in [0.15, 0.2) is 0 Å². The van der Waals surface area contributed by atoms with E-state index >= 15 is 0 Å². The van der Waals surface area contributed by atoms with Crippen LogP contribution in [-0.4, -0.2) is 79.9 Å². The number of piperidine rings is 1. The lowest BCUT2D eigenvalue weighted by atomic mass is 9.84. The average molecular weight is 548 g/mol. The first kappa shape index (κ1) is 28.7. The fourth-order valence-corrected chi connectivity index (χ4v) is 5.13. The highest BCUT2D eigenvalue weighted by Gasteiger charge is 2.38. The van der Waals surface area contributed by atoms with E-state index in [0.29, 0.717) is 37.3 Å². The van der Waals surface area contributed by atoms with Gasteiger partial charge in [0, 0.05) is 56.4 Å². The number of halogens is 3. The van der Waals surface area contributed by atoms with E-state index in [4.69, 9.17) is 9.47 Å². The molecule has 0 N–H and O–H groups in total. The van der Waals surface area contributed by atoms with Crippen molar-refractivity contribution < 1.29 is 32.2 Å². The van der Waals surface area contributed by atoms with Crippen LogP contribution >= 0.6 is 0 Å². The number of amides is 2. The molecule has 4 rings (SSSR count). The fraction of sp³-hybridized carbons (Fsp3) is 0.517. The highest BCUT2D eigenvalue weighted by molar-refractivity contribution is 5.94. The number of likely N-dealkylation sites (tertiary alicyclic amines) is 1. The van der Waals surface area contributed by atoms with Gasteiger partial charge in [-0.1, -0.05) is 12.1 Å². The largest absolute Gasteiger partial charge is 0.444 e. The van der Waals surface area contributed by atoms with Crippen LogP contribution in [0.25, 0.3) is 0 Å². The van der Waals surface area contributed by atoms with Crippen molar-refractivity contribution in [1.82, 2.24) is 9.80 Å². The molecule has 0 aliphatic carbocycles. The van der Waals surface area contributed by atoms with E-state index in [1.165, 1.54) is 12.1 Å². The van der Waals surface area contributed by atoms with Gasteiger partial charge in [0.05, 0.1) is 18.8 Å². The number of hydrogen-bond acceptors (Lipinski definition) is 5. The Kier molecular flexibility index (Phi) is 8.44. The van der Waals surface area contributed by atoms with Gasteiger partial charge in [0.1, 0.15) is 5.60 Å². The van der Waals surface area contributed by atoms with Gasteiger partial charge in [-0.2, -0.15) is 13.2 Å². The maximum atomic E-state index is 13.5. The van der Waals surface area contributed by atoms with E-state index in [0.717, 1.165) is 30.9 Å². The summed E-state index contributed by atoms with van der Waals surface area (Å²) in [5.74, 6) is -0.578. The Morgan fingerprint density at radius 2 is 1.56 bits per heavy atom. The Bertz CT molecular complexity index is 1140. The number of likely N-dealkylation sites (N-methyl/N-ethyl adjacent to an activating group) is 1. The van der Waals surface area contributed by atoms with Crippen molar-refractivity contribution in [1.29, 1.82) is 0 Å². The molecule has 10 heteroatoms. The third-order valence-electron chi connectivity index (χ3n) is 7.20. The summed E-state index contributed by atoms with van der Waals surface area (Å²) in [6.45, 7) is 8.83. The second-order valence-electron chi connectivity index (χ2n) is 11.1. The van der Waals surface area contributed by atoms with E-state index in [1.807, 2.05) is 12.1 Å². The monoisotopic (exact) mass is 547 g/mol. The lowest BCUT2D eigenvalue weighted by Crippen LogP contribution is -2.52. The van der Waals surface area contributed by atoms with Crippen LogP contribution in [0.3, 0.4) is 0 Å². The SMILES string of the molecule is CN(C(=O)c1ccc(N2CCOCC2)cc1)[C@@H]1CCN(C(=O)OC(C)(C)C)C[C@H]1c1ccc(C(F)(F)F)cc1. The van der Waals surface area contributed by atoms with E-state index < -0.39 is 29.4 Å². The minimum Gasteiger partial charge on any atom is -0.444 e. The Morgan fingerprint density at radius 3 is 2.13 bits per heavy atom. The van der Waals surface area contributed by atoms with Crippen LogP contribution < -0.4 is 4.90 Å². The van der Waals surface area contributed by atoms with Crippen LogP contribution in [0, 0.1) is 0 Å². The van der Waals surface area contributed by atoms with Crippen LogP contribution in [0.15, 0.2) is 48.5 Å². The summed E-state index contributed by atoms with van der Waals surface area (Å²) < 4.78 is 50.6. The fourth-order valence-electron chi connectivity index (χ4n) is 5.13. The zero-order chi connectivity index (χ0) is 28.4. The van der Waals surface area contributed by atoms with Crippen LogP contribution in [0.5, 0.6) is 0 Å². The number of benzene rings is 2. The van der Waals surface area contributed by atoms with Gasteiger partial charge >= 0.3 is 12.3 Å². The highest BCUT2D eigenvalue weighted by atomic mass is 19.4. The molecule has 39 heavy (non-hydrogen) atoms. The molecule has 0 aromatic heterocycles. The summed E-state index contributed by atoms with van der Waals surface area (Å²) in [5.41, 5.74) is 0.745. The molecule has 0 radical (unpaired) electrons. The van der Waals surface area contributed by atoms with E-state index in [9.17, 15) is 22.8 Å². The van der Waals surface area contributed by atoms with Crippen molar-refractivity contribution >= 4 is 17.7 Å². The first-order valence-electron chi connectivity index (χ1n) is 13.2. The molecule has 0 unspecified atom stereocenters. The lowest BCUT2D eigenvalue weighted by Gasteiger charge is -2.43. The Morgan fingerprint density at radius 1 is 0.949 bits per heavy atom. The summed E-state index contributed by atoms with van der Waals surface area (Å²) in [6.07, 6.45) is -4.47. The lowest BCUT2D eigenvalue weighted by molar-refractivity contribution is -0.137. The van der Waals surface area contributed by atoms with Gasteiger partial charge < -0.3 is 24.2 Å². The number of carbonyl (C=O) groups is 2. The predicted octanol–water partition coefficient (Wildman–Crippen LogP) is 5.41. The number of carbonyl (C=O) groups excluding carboxylic acids is 2. The molecule has 2 aromatic rings. The van der Waals surface area contributed by atoms with Crippen LogP contribution in [-0.2, 0) is 15.7 Å². The first-order valence-corrected chi connectivity index (χ1v) is 13.2. The smallest absolute Gasteiger partial charge is 0.416 e. The number of nitrogens with zero attached hydrogens (tertiary/aromatic N) is 3. The molecule has 2 heterocycles. The molecule has 2 fully saturated rings. The maximum absolute atomic E-state index is 13.5. The summed E-state index contributed by atoms with van der Waals surface area (Å²) in [4.78, 5) is 31.8. The van der Waals surface area contributed by atoms with Crippen LogP contribution in [0.1, 0.15) is 54.6 Å². The van der Waals surface area contributed by atoms with Crippen molar-refractivity contribution in [3.63, 3.8) is 0 Å². The van der Waals surface area contributed by atoms with Gasteiger partial charge in [-0.05, 0) is 69.2 Å². The number of hydrogen-bond donors (Lipinski definition) is 0. The molecule has 7 nitrogen and oxygen atoms in total. The van der Waals surface area contributed by atoms with Crippen molar-refractivity contribution in [3.8, 4) is 0 Å². The molecule has 0 saturated carbocycles. The van der Waals surface area contributed by atoms with Gasteiger partial charge in [0.25, 0.3) is 5.91 Å². The Hall–Kier alpha value is -3.27. The molecule has 2 saturated heterocycles. The van der Waals surface area contributed by atoms with Crippen LogP contribution in [0.2, 0.25) is 0 Å². The number of anilines is 1. The zero-order valence-corrected chi connectivity index (χ0v) is 22.8. The minimum absolute atomic E-state index is 0.184. The quantitative estimate of drug-likeness (QED) is 0.513. The Balaban J connectivity index is 1.55. The summed E-state index contributed by atoms with van der Waals surface area (Å²) >= 11 is 0. The van der Waals surface area contributed by atoms with Gasteiger partial charge in [0.2, 0.25) is 0 Å². The number of morpholine rings is 1. The topological polar surface area (TPSA) is 62.3 Å². The van der Waals surface area contributed by atoms with E-state index in [1.54, 1.807) is 49.8 Å². The number of alkyl halides is 3. The van der Waals surface area contributed by atoms with Gasteiger partial charge in [-0.25, -0.2) is 4.79 Å². The molecule has 2 aliphatic rings.